The summed E-state index contributed by atoms with van der Waals surface area (Å²) in [6, 6.07) is 7.25. The van der Waals surface area contributed by atoms with Gasteiger partial charge in [-0.15, -0.1) is 5.10 Å². The molecule has 1 saturated carbocycles. The van der Waals surface area contributed by atoms with E-state index in [4.69, 9.17) is 11.6 Å². The van der Waals surface area contributed by atoms with Crippen LogP contribution < -0.4 is 4.90 Å². The highest BCUT2D eigenvalue weighted by Crippen LogP contribution is 2.45. The Balaban J connectivity index is 1.61. The number of hydrogen-bond donors (Lipinski definition) is 0. The van der Waals surface area contributed by atoms with Gasteiger partial charge in [-0.2, -0.15) is 5.10 Å². The van der Waals surface area contributed by atoms with Crippen molar-refractivity contribution in [3.8, 4) is 11.1 Å². The molecule has 0 atom stereocenters. The molecule has 2 aromatic carbocycles. The van der Waals surface area contributed by atoms with Crippen molar-refractivity contribution >= 4 is 34.1 Å². The van der Waals surface area contributed by atoms with Gasteiger partial charge < -0.3 is 9.80 Å². The van der Waals surface area contributed by atoms with Gasteiger partial charge in [-0.05, 0) is 43.2 Å². The minimum Gasteiger partial charge on any atom is -0.351 e. The average molecular weight is 455 g/mol. The molecule has 2 fully saturated rings. The first kappa shape index (κ1) is 20.8. The molecule has 0 unspecified atom stereocenters. The summed E-state index contributed by atoms with van der Waals surface area (Å²) in [5, 5.41) is 10.9. The molecule has 1 aliphatic heterocycles. The van der Waals surface area contributed by atoms with E-state index in [-0.39, 0.29) is 16.5 Å². The Morgan fingerprint density at radius 3 is 2.38 bits per heavy atom. The summed E-state index contributed by atoms with van der Waals surface area (Å²) in [7, 11) is 0. The number of amides is 1. The number of anilines is 1. The summed E-state index contributed by atoms with van der Waals surface area (Å²) in [5.74, 6) is -0.462. The zero-order chi connectivity index (χ0) is 22.4. The maximum Gasteiger partial charge on any atom is 0.246 e. The summed E-state index contributed by atoms with van der Waals surface area (Å²) in [4.78, 5) is 15.7. The summed E-state index contributed by atoms with van der Waals surface area (Å²) in [5.41, 5.74) is 0.993. The molecule has 3 aromatic rings. The summed E-state index contributed by atoms with van der Waals surface area (Å²) < 4.78 is 29.0. The molecule has 0 spiro atoms. The molecule has 2 heterocycles. The largest absolute Gasteiger partial charge is 0.351 e. The molecule has 1 aromatic heterocycles. The summed E-state index contributed by atoms with van der Waals surface area (Å²) >= 11 is 6.56. The van der Waals surface area contributed by atoms with Crippen LogP contribution in [-0.4, -0.2) is 47.2 Å². The number of carbonyl (C=O) groups excluding carboxylic acids is 1. The topological polar surface area (TPSA) is 49.3 Å². The number of aromatic nitrogens is 2. The maximum atomic E-state index is 14.5. The first-order valence-electron chi connectivity index (χ1n) is 10.6. The molecular weight excluding hydrogens is 434 g/mol. The standard InChI is InChI=1S/C24H21ClF2N4O/c1-2-21(32)30-8-10-31(11-9-30)24-16-13-18(25)17(22-19(26)4-3-5-20(22)27)12-15(16)23(28-29-24)14-6-7-14/h2-5,12-14H,1,6-11H2. The normalized spacial score (nSPS) is 16.5. The van der Waals surface area contributed by atoms with E-state index in [1.807, 2.05) is 0 Å². The lowest BCUT2D eigenvalue weighted by atomic mass is 9.98. The second-order valence-electron chi connectivity index (χ2n) is 8.17. The van der Waals surface area contributed by atoms with Gasteiger partial charge in [0.1, 0.15) is 11.6 Å². The van der Waals surface area contributed by atoms with Crippen LogP contribution in [0.1, 0.15) is 24.5 Å². The third-order valence-electron chi connectivity index (χ3n) is 6.14. The SMILES string of the molecule is C=CC(=O)N1CCN(c2nnc(C3CC3)c3cc(-c4c(F)cccc4F)c(Cl)cc23)CC1. The average Bonchev–Trinajstić information content (AvgIpc) is 3.63. The number of piperazine rings is 1. The predicted molar refractivity (Wildman–Crippen MR) is 121 cm³/mol. The van der Waals surface area contributed by atoms with Crippen LogP contribution in [0.25, 0.3) is 21.9 Å². The Labute approximate surface area is 189 Å². The fraction of sp³-hybridized carbons (Fsp3) is 0.292. The first-order valence-corrected chi connectivity index (χ1v) is 11.0. The molecule has 8 heteroatoms. The number of fused-ring (bicyclic) bond motifs is 1. The smallest absolute Gasteiger partial charge is 0.246 e. The molecule has 164 valence electrons. The number of carbonyl (C=O) groups is 1. The summed E-state index contributed by atoms with van der Waals surface area (Å²) in [6.45, 7) is 5.82. The Hall–Kier alpha value is -3.06. The van der Waals surface area contributed by atoms with Gasteiger partial charge in [0.05, 0.1) is 11.3 Å². The van der Waals surface area contributed by atoms with Crippen LogP contribution in [-0.2, 0) is 4.79 Å². The fourth-order valence-electron chi connectivity index (χ4n) is 4.29. The summed E-state index contributed by atoms with van der Waals surface area (Å²) in [6.07, 6.45) is 3.34. The number of nitrogens with zero attached hydrogens (tertiary/aromatic N) is 4. The molecule has 1 saturated heterocycles. The highest BCUT2D eigenvalue weighted by atomic mass is 35.5. The van der Waals surface area contributed by atoms with Gasteiger partial charge in [-0.25, -0.2) is 8.78 Å². The van der Waals surface area contributed by atoms with E-state index in [9.17, 15) is 13.6 Å². The zero-order valence-electron chi connectivity index (χ0n) is 17.3. The second kappa shape index (κ2) is 8.13. The zero-order valence-corrected chi connectivity index (χ0v) is 18.1. The van der Waals surface area contributed by atoms with E-state index in [1.54, 1.807) is 17.0 Å². The Morgan fingerprint density at radius 2 is 1.75 bits per heavy atom. The van der Waals surface area contributed by atoms with Crippen LogP contribution in [0.2, 0.25) is 5.02 Å². The molecule has 5 nitrogen and oxygen atoms in total. The lowest BCUT2D eigenvalue weighted by molar-refractivity contribution is -0.126. The van der Waals surface area contributed by atoms with Crippen molar-refractivity contribution in [1.82, 2.24) is 15.1 Å². The quantitative estimate of drug-likeness (QED) is 0.524. The van der Waals surface area contributed by atoms with Gasteiger partial charge in [0.15, 0.2) is 5.82 Å². The Morgan fingerprint density at radius 1 is 1.06 bits per heavy atom. The third-order valence-corrected chi connectivity index (χ3v) is 6.45. The first-order chi connectivity index (χ1) is 15.5. The van der Waals surface area contributed by atoms with E-state index in [0.717, 1.165) is 29.3 Å². The number of rotatable bonds is 4. The van der Waals surface area contributed by atoms with E-state index >= 15 is 0 Å². The number of halogens is 3. The fourth-order valence-corrected chi connectivity index (χ4v) is 4.54. The van der Waals surface area contributed by atoms with Crippen LogP contribution >= 0.6 is 11.6 Å². The van der Waals surface area contributed by atoms with Crippen LogP contribution in [0.5, 0.6) is 0 Å². The second-order valence-corrected chi connectivity index (χ2v) is 8.58. The van der Waals surface area contributed by atoms with E-state index in [1.165, 1.54) is 24.3 Å². The molecular formula is C24H21ClF2N4O. The predicted octanol–water partition coefficient (Wildman–Crippen LogP) is 4.94. The van der Waals surface area contributed by atoms with Crippen molar-refractivity contribution in [2.24, 2.45) is 0 Å². The highest BCUT2D eigenvalue weighted by molar-refractivity contribution is 6.34. The van der Waals surface area contributed by atoms with Crippen molar-refractivity contribution in [3.63, 3.8) is 0 Å². The van der Waals surface area contributed by atoms with Crippen molar-refractivity contribution in [1.29, 1.82) is 0 Å². The molecule has 1 aliphatic carbocycles. The van der Waals surface area contributed by atoms with Gasteiger partial charge in [-0.3, -0.25) is 4.79 Å². The monoisotopic (exact) mass is 454 g/mol. The van der Waals surface area contributed by atoms with Crippen molar-refractivity contribution in [2.75, 3.05) is 31.1 Å². The highest BCUT2D eigenvalue weighted by Gasteiger charge is 2.30. The van der Waals surface area contributed by atoms with Crippen LogP contribution in [0.3, 0.4) is 0 Å². The minimum absolute atomic E-state index is 0.0933. The van der Waals surface area contributed by atoms with E-state index in [2.05, 4.69) is 21.7 Å². The maximum absolute atomic E-state index is 14.5. The van der Waals surface area contributed by atoms with Crippen LogP contribution in [0, 0.1) is 11.6 Å². The van der Waals surface area contributed by atoms with Gasteiger partial charge in [-0.1, -0.05) is 24.2 Å². The molecule has 2 aliphatic rings. The van der Waals surface area contributed by atoms with E-state index in [0.29, 0.717) is 43.5 Å². The molecule has 5 rings (SSSR count). The third kappa shape index (κ3) is 3.60. The van der Waals surface area contributed by atoms with Crippen LogP contribution in [0.4, 0.5) is 14.6 Å². The Kier molecular flexibility index (Phi) is 5.29. The Bertz CT molecular complexity index is 1220. The minimum atomic E-state index is -0.663. The van der Waals surface area contributed by atoms with Crippen molar-refractivity contribution in [2.45, 2.75) is 18.8 Å². The molecule has 0 N–H and O–H groups in total. The number of hydrogen-bond acceptors (Lipinski definition) is 4. The lowest BCUT2D eigenvalue weighted by Gasteiger charge is -2.35. The van der Waals surface area contributed by atoms with Gasteiger partial charge in [0.25, 0.3) is 0 Å². The van der Waals surface area contributed by atoms with Crippen LogP contribution in [0.15, 0.2) is 43.0 Å². The molecule has 0 bridgehead atoms. The van der Waals surface area contributed by atoms with Gasteiger partial charge >= 0.3 is 0 Å². The molecule has 1 amide bonds. The van der Waals surface area contributed by atoms with E-state index < -0.39 is 11.6 Å². The van der Waals surface area contributed by atoms with Gasteiger partial charge in [0, 0.05) is 53.5 Å². The van der Waals surface area contributed by atoms with Crippen molar-refractivity contribution in [3.05, 3.63) is 65.3 Å². The van der Waals surface area contributed by atoms with Crippen molar-refractivity contribution < 1.29 is 13.6 Å². The molecule has 0 radical (unpaired) electrons. The van der Waals surface area contributed by atoms with Gasteiger partial charge in [0.2, 0.25) is 5.91 Å². The molecule has 32 heavy (non-hydrogen) atoms. The lowest BCUT2D eigenvalue weighted by Crippen LogP contribution is -2.48. The number of benzene rings is 2.